The fraction of sp³-hybridized carbons (Fsp3) is 0.394. The van der Waals surface area contributed by atoms with E-state index < -0.39 is 16.1 Å². The standard InChI is InChI=1S/C33H41N3O6S/c1-25(33(38)34-20-19-27-13-17-30(41-2)31(23-27)42-3)36(24-28-9-5-4-6-10-28)32(37)18-14-26-11-15-29(16-12-26)43(39,40)35-21-7-8-22-35/h4-6,9-13,15-17,23,25H,7-8,14,18-22,24H2,1-3H3,(H,34,38)/t25-/m1/s1. The van der Waals surface area contributed by atoms with Crippen molar-refractivity contribution in [1.29, 1.82) is 0 Å². The lowest BCUT2D eigenvalue weighted by atomic mass is 10.1. The lowest BCUT2D eigenvalue weighted by Crippen LogP contribution is -2.48. The molecule has 43 heavy (non-hydrogen) atoms. The zero-order valence-electron chi connectivity index (χ0n) is 25.1. The number of carbonyl (C=O) groups is 2. The van der Waals surface area contributed by atoms with Gasteiger partial charge >= 0.3 is 0 Å². The van der Waals surface area contributed by atoms with E-state index in [2.05, 4.69) is 5.32 Å². The highest BCUT2D eigenvalue weighted by atomic mass is 32.2. The van der Waals surface area contributed by atoms with Crippen molar-refractivity contribution in [1.82, 2.24) is 14.5 Å². The number of benzene rings is 3. The van der Waals surface area contributed by atoms with Crippen LogP contribution in [0, 0.1) is 0 Å². The molecule has 1 heterocycles. The van der Waals surface area contributed by atoms with Crippen molar-refractivity contribution >= 4 is 21.8 Å². The van der Waals surface area contributed by atoms with Gasteiger partial charge in [-0.05, 0) is 73.6 Å². The van der Waals surface area contributed by atoms with Crippen molar-refractivity contribution in [2.45, 2.75) is 56.5 Å². The molecule has 0 spiro atoms. The van der Waals surface area contributed by atoms with E-state index in [1.807, 2.05) is 48.5 Å². The fourth-order valence-electron chi connectivity index (χ4n) is 5.18. The third-order valence-electron chi connectivity index (χ3n) is 7.78. The van der Waals surface area contributed by atoms with Crippen molar-refractivity contribution < 1.29 is 27.5 Å². The van der Waals surface area contributed by atoms with Gasteiger partial charge in [-0.2, -0.15) is 4.31 Å². The molecule has 1 saturated heterocycles. The Morgan fingerprint density at radius 3 is 2.16 bits per heavy atom. The summed E-state index contributed by atoms with van der Waals surface area (Å²) in [5.74, 6) is 0.880. The number of methoxy groups -OCH3 is 2. The molecule has 0 aromatic heterocycles. The van der Waals surface area contributed by atoms with Gasteiger partial charge in [-0.15, -0.1) is 0 Å². The van der Waals surface area contributed by atoms with Gasteiger partial charge in [0, 0.05) is 32.6 Å². The maximum absolute atomic E-state index is 13.5. The Labute approximate surface area is 254 Å². The number of aryl methyl sites for hydroxylation is 1. The summed E-state index contributed by atoms with van der Waals surface area (Å²) in [6.07, 6.45) is 2.98. The highest BCUT2D eigenvalue weighted by Gasteiger charge is 2.28. The normalized spacial score (nSPS) is 14.2. The van der Waals surface area contributed by atoms with Crippen molar-refractivity contribution in [3.05, 3.63) is 89.5 Å². The van der Waals surface area contributed by atoms with Crippen molar-refractivity contribution in [3.8, 4) is 11.5 Å². The first-order valence-corrected chi connectivity index (χ1v) is 16.1. The summed E-state index contributed by atoms with van der Waals surface area (Å²) in [7, 11) is -0.321. The second kappa shape index (κ2) is 15.0. The Hall–Kier alpha value is -3.89. The van der Waals surface area contributed by atoms with Crippen LogP contribution in [0.15, 0.2) is 77.7 Å². The summed E-state index contributed by atoms with van der Waals surface area (Å²) in [5.41, 5.74) is 2.78. The third-order valence-corrected chi connectivity index (χ3v) is 9.69. The molecule has 0 bridgehead atoms. The van der Waals surface area contributed by atoms with Crippen LogP contribution >= 0.6 is 0 Å². The molecular weight excluding hydrogens is 566 g/mol. The first kappa shape index (κ1) is 32.0. The predicted octanol–water partition coefficient (Wildman–Crippen LogP) is 4.20. The number of sulfonamides is 1. The molecule has 0 radical (unpaired) electrons. The van der Waals surface area contributed by atoms with E-state index in [1.54, 1.807) is 50.3 Å². The monoisotopic (exact) mass is 607 g/mol. The van der Waals surface area contributed by atoms with E-state index in [0.717, 1.165) is 29.5 Å². The molecule has 1 fully saturated rings. The van der Waals surface area contributed by atoms with Gasteiger partial charge in [-0.3, -0.25) is 9.59 Å². The zero-order chi connectivity index (χ0) is 30.8. The molecule has 3 aromatic rings. The minimum atomic E-state index is -3.49. The average molecular weight is 608 g/mol. The topological polar surface area (TPSA) is 105 Å². The van der Waals surface area contributed by atoms with Gasteiger partial charge in [-0.1, -0.05) is 48.5 Å². The van der Waals surface area contributed by atoms with Crippen LogP contribution in [0.1, 0.15) is 42.9 Å². The van der Waals surface area contributed by atoms with Gasteiger partial charge in [0.2, 0.25) is 21.8 Å². The molecule has 1 aliphatic rings. The van der Waals surface area contributed by atoms with Crippen LogP contribution in [0.25, 0.3) is 0 Å². The van der Waals surface area contributed by atoms with Crippen molar-refractivity contribution in [3.63, 3.8) is 0 Å². The lowest BCUT2D eigenvalue weighted by Gasteiger charge is -2.29. The van der Waals surface area contributed by atoms with Gasteiger partial charge in [0.05, 0.1) is 19.1 Å². The minimum Gasteiger partial charge on any atom is -0.493 e. The summed E-state index contributed by atoms with van der Waals surface area (Å²) in [6.45, 7) is 3.55. The molecule has 1 aliphatic heterocycles. The quantitative estimate of drug-likeness (QED) is 0.295. The highest BCUT2D eigenvalue weighted by molar-refractivity contribution is 7.89. The van der Waals surface area contributed by atoms with E-state index in [-0.39, 0.29) is 23.1 Å². The summed E-state index contributed by atoms with van der Waals surface area (Å²) >= 11 is 0. The van der Waals surface area contributed by atoms with E-state index >= 15 is 0 Å². The molecule has 9 nitrogen and oxygen atoms in total. The maximum Gasteiger partial charge on any atom is 0.243 e. The van der Waals surface area contributed by atoms with E-state index in [0.29, 0.717) is 50.5 Å². The Balaban J connectivity index is 1.38. The van der Waals surface area contributed by atoms with Crippen molar-refractivity contribution in [2.75, 3.05) is 33.9 Å². The number of hydrogen-bond donors (Lipinski definition) is 1. The minimum absolute atomic E-state index is 0.153. The molecular formula is C33H41N3O6S. The van der Waals surface area contributed by atoms with Crippen LogP contribution < -0.4 is 14.8 Å². The lowest BCUT2D eigenvalue weighted by molar-refractivity contribution is -0.140. The molecule has 1 N–H and O–H groups in total. The van der Waals surface area contributed by atoms with Gasteiger partial charge in [0.1, 0.15) is 6.04 Å². The van der Waals surface area contributed by atoms with Crippen LogP contribution in [0.3, 0.4) is 0 Å². The van der Waals surface area contributed by atoms with Crippen LogP contribution in [-0.2, 0) is 39.0 Å². The Kier molecular flexibility index (Phi) is 11.2. The average Bonchev–Trinajstić information content (AvgIpc) is 3.59. The molecule has 4 rings (SSSR count). The van der Waals surface area contributed by atoms with Crippen LogP contribution in [0.4, 0.5) is 0 Å². The largest absolute Gasteiger partial charge is 0.493 e. The third kappa shape index (κ3) is 8.36. The summed E-state index contributed by atoms with van der Waals surface area (Å²) < 4.78 is 37.9. The fourth-order valence-corrected chi connectivity index (χ4v) is 6.69. The summed E-state index contributed by atoms with van der Waals surface area (Å²) in [5, 5.41) is 2.97. The molecule has 0 aliphatic carbocycles. The second-order valence-electron chi connectivity index (χ2n) is 10.7. The van der Waals surface area contributed by atoms with Crippen LogP contribution in [0.5, 0.6) is 11.5 Å². The number of hydrogen-bond acceptors (Lipinski definition) is 6. The first-order valence-electron chi connectivity index (χ1n) is 14.6. The summed E-state index contributed by atoms with van der Waals surface area (Å²) in [4.78, 5) is 28.6. The number of nitrogens with zero attached hydrogens (tertiary/aromatic N) is 2. The first-order chi connectivity index (χ1) is 20.7. The highest BCUT2D eigenvalue weighted by Crippen LogP contribution is 2.27. The molecule has 10 heteroatoms. The van der Waals surface area contributed by atoms with E-state index in [4.69, 9.17) is 9.47 Å². The maximum atomic E-state index is 13.5. The van der Waals surface area contributed by atoms with Gasteiger partial charge in [-0.25, -0.2) is 8.42 Å². The van der Waals surface area contributed by atoms with Gasteiger partial charge < -0.3 is 19.7 Å². The van der Waals surface area contributed by atoms with E-state index in [1.165, 1.54) is 4.31 Å². The zero-order valence-corrected chi connectivity index (χ0v) is 25.9. The molecule has 3 aromatic carbocycles. The van der Waals surface area contributed by atoms with E-state index in [9.17, 15) is 18.0 Å². The molecule has 2 amide bonds. The van der Waals surface area contributed by atoms with Gasteiger partial charge in [0.15, 0.2) is 11.5 Å². The summed E-state index contributed by atoms with van der Waals surface area (Å²) in [6, 6.07) is 21.3. The predicted molar refractivity (Wildman–Crippen MR) is 165 cm³/mol. The number of ether oxygens (including phenoxy) is 2. The second-order valence-corrected chi connectivity index (χ2v) is 12.6. The number of rotatable bonds is 14. The molecule has 230 valence electrons. The van der Waals surface area contributed by atoms with Crippen LogP contribution in [-0.4, -0.2) is 69.3 Å². The number of nitrogens with one attached hydrogen (secondary N) is 1. The van der Waals surface area contributed by atoms with Crippen molar-refractivity contribution in [2.24, 2.45) is 0 Å². The van der Waals surface area contributed by atoms with Crippen LogP contribution in [0.2, 0.25) is 0 Å². The van der Waals surface area contributed by atoms with Gasteiger partial charge in [0.25, 0.3) is 0 Å². The number of carbonyl (C=O) groups excluding carboxylic acids is 2. The smallest absolute Gasteiger partial charge is 0.243 e. The number of amides is 2. The molecule has 0 unspecified atom stereocenters. The molecule has 0 saturated carbocycles. The Morgan fingerprint density at radius 2 is 1.51 bits per heavy atom. The Bertz CT molecular complexity index is 1470. The Morgan fingerprint density at radius 1 is 0.860 bits per heavy atom. The molecule has 1 atom stereocenters. The SMILES string of the molecule is COc1ccc(CCNC(=O)[C@@H](C)N(Cc2ccccc2)C(=O)CCc2ccc(S(=O)(=O)N3CCCC3)cc2)cc1OC.